The molecule has 3 rings (SSSR count). The van der Waals surface area contributed by atoms with Crippen molar-refractivity contribution in [3.63, 3.8) is 0 Å². The number of carbonyl (C=O) groups is 1. The Hall–Kier alpha value is -2.35. The topological polar surface area (TPSA) is 22.0 Å². The van der Waals surface area contributed by atoms with E-state index >= 15 is 0 Å². The fourth-order valence-corrected chi connectivity index (χ4v) is 2.40. The van der Waals surface area contributed by atoms with Crippen molar-refractivity contribution in [2.45, 2.75) is 13.5 Å². The Morgan fingerprint density at radius 2 is 1.95 bits per heavy atom. The van der Waals surface area contributed by atoms with Gasteiger partial charge in [-0.25, -0.2) is 0 Å². The monoisotopic (exact) mass is 249 g/mol. The lowest BCUT2D eigenvalue weighted by Gasteiger charge is -2.08. The molecule has 0 spiro atoms. The number of nitrogens with zero attached hydrogens (tertiary/aromatic N) is 1. The Bertz CT molecular complexity index is 740. The number of aldehydes is 1. The summed E-state index contributed by atoms with van der Waals surface area (Å²) in [6, 6.07) is 16.3. The van der Waals surface area contributed by atoms with Crippen LogP contribution in [0.5, 0.6) is 0 Å². The van der Waals surface area contributed by atoms with E-state index in [0.717, 1.165) is 29.3 Å². The first-order valence-corrected chi connectivity index (χ1v) is 6.36. The Balaban J connectivity index is 2.02. The molecule has 2 heteroatoms. The van der Waals surface area contributed by atoms with Crippen LogP contribution in [-0.2, 0) is 6.54 Å². The third kappa shape index (κ3) is 2.17. The van der Waals surface area contributed by atoms with Gasteiger partial charge in [-0.05, 0) is 42.3 Å². The summed E-state index contributed by atoms with van der Waals surface area (Å²) in [4.78, 5) is 10.8. The number of fused-ring (bicyclic) bond motifs is 1. The van der Waals surface area contributed by atoms with Gasteiger partial charge in [-0.2, -0.15) is 0 Å². The standard InChI is InChI=1S/C17H15NO/c1-13-4-2-3-5-16(13)11-18-9-8-15-10-14(12-19)6-7-17(15)18/h2-10,12H,11H2,1H3. The molecule has 94 valence electrons. The van der Waals surface area contributed by atoms with Crippen molar-refractivity contribution in [3.05, 3.63) is 71.4 Å². The summed E-state index contributed by atoms with van der Waals surface area (Å²) >= 11 is 0. The second-order valence-corrected chi connectivity index (χ2v) is 4.81. The van der Waals surface area contributed by atoms with Crippen molar-refractivity contribution in [1.29, 1.82) is 0 Å². The number of aromatic nitrogens is 1. The van der Waals surface area contributed by atoms with Crippen LogP contribution in [0, 0.1) is 6.92 Å². The normalized spacial score (nSPS) is 10.8. The molecular formula is C17H15NO. The van der Waals surface area contributed by atoms with Crippen LogP contribution in [0.15, 0.2) is 54.7 Å². The van der Waals surface area contributed by atoms with Gasteiger partial charge >= 0.3 is 0 Å². The highest BCUT2D eigenvalue weighted by atomic mass is 16.1. The molecule has 0 fully saturated rings. The lowest BCUT2D eigenvalue weighted by molar-refractivity contribution is 0.112. The molecule has 0 amide bonds. The maximum atomic E-state index is 10.8. The van der Waals surface area contributed by atoms with Gasteiger partial charge in [-0.1, -0.05) is 24.3 Å². The number of hydrogen-bond acceptors (Lipinski definition) is 1. The maximum absolute atomic E-state index is 10.8. The van der Waals surface area contributed by atoms with Gasteiger partial charge in [0.15, 0.2) is 0 Å². The zero-order valence-electron chi connectivity index (χ0n) is 10.8. The van der Waals surface area contributed by atoms with Gasteiger partial charge in [0.25, 0.3) is 0 Å². The van der Waals surface area contributed by atoms with Gasteiger partial charge in [0, 0.05) is 29.2 Å². The minimum absolute atomic E-state index is 0.723. The fraction of sp³-hybridized carbons (Fsp3) is 0.118. The molecule has 1 heterocycles. The fourth-order valence-electron chi connectivity index (χ4n) is 2.40. The molecule has 19 heavy (non-hydrogen) atoms. The van der Waals surface area contributed by atoms with Crippen LogP contribution in [0.3, 0.4) is 0 Å². The SMILES string of the molecule is Cc1ccccc1Cn1ccc2cc(C=O)ccc21. The summed E-state index contributed by atoms with van der Waals surface area (Å²) in [7, 11) is 0. The third-order valence-corrected chi connectivity index (χ3v) is 3.53. The molecule has 0 bridgehead atoms. The van der Waals surface area contributed by atoms with Gasteiger partial charge in [-0.15, -0.1) is 0 Å². The van der Waals surface area contributed by atoms with E-state index in [0.29, 0.717) is 0 Å². The number of carbonyl (C=O) groups excluding carboxylic acids is 1. The van der Waals surface area contributed by atoms with Gasteiger partial charge in [0.1, 0.15) is 6.29 Å². The molecule has 0 aliphatic heterocycles. The molecule has 2 aromatic carbocycles. The van der Waals surface area contributed by atoms with Gasteiger partial charge in [0.05, 0.1) is 0 Å². The number of rotatable bonds is 3. The summed E-state index contributed by atoms with van der Waals surface area (Å²) in [5.74, 6) is 0. The summed E-state index contributed by atoms with van der Waals surface area (Å²) in [5, 5.41) is 1.11. The summed E-state index contributed by atoms with van der Waals surface area (Å²) < 4.78 is 2.21. The van der Waals surface area contributed by atoms with Crippen LogP contribution in [-0.4, -0.2) is 10.9 Å². The second kappa shape index (κ2) is 4.73. The van der Waals surface area contributed by atoms with Crippen molar-refractivity contribution >= 4 is 17.2 Å². The lowest BCUT2D eigenvalue weighted by Crippen LogP contribution is -1.99. The van der Waals surface area contributed by atoms with Crippen LogP contribution in [0.25, 0.3) is 10.9 Å². The van der Waals surface area contributed by atoms with E-state index in [1.165, 1.54) is 11.1 Å². The van der Waals surface area contributed by atoms with E-state index in [1.807, 2.05) is 18.2 Å². The largest absolute Gasteiger partial charge is 0.343 e. The molecule has 3 aromatic rings. The number of hydrogen-bond donors (Lipinski definition) is 0. The molecule has 0 atom stereocenters. The predicted molar refractivity (Wildman–Crippen MR) is 77.6 cm³/mol. The van der Waals surface area contributed by atoms with Crippen molar-refractivity contribution in [1.82, 2.24) is 4.57 Å². The maximum Gasteiger partial charge on any atom is 0.150 e. The average molecular weight is 249 g/mol. The minimum atomic E-state index is 0.723. The van der Waals surface area contributed by atoms with Crippen molar-refractivity contribution in [2.24, 2.45) is 0 Å². The van der Waals surface area contributed by atoms with Gasteiger partial charge in [-0.3, -0.25) is 4.79 Å². The van der Waals surface area contributed by atoms with Gasteiger partial charge in [0.2, 0.25) is 0 Å². The molecular weight excluding hydrogens is 234 g/mol. The Kier molecular flexibility index (Phi) is 2.92. The van der Waals surface area contributed by atoms with E-state index in [-0.39, 0.29) is 0 Å². The minimum Gasteiger partial charge on any atom is -0.343 e. The molecule has 0 saturated heterocycles. The highest BCUT2D eigenvalue weighted by Crippen LogP contribution is 2.19. The van der Waals surface area contributed by atoms with E-state index in [9.17, 15) is 4.79 Å². The van der Waals surface area contributed by atoms with E-state index in [4.69, 9.17) is 0 Å². The Labute approximate surface area is 112 Å². The number of benzene rings is 2. The van der Waals surface area contributed by atoms with Crippen LogP contribution in [0.1, 0.15) is 21.5 Å². The first kappa shape index (κ1) is 11.7. The summed E-state index contributed by atoms with van der Waals surface area (Å²) in [6.45, 7) is 2.99. The number of aryl methyl sites for hydroxylation is 1. The molecule has 1 aromatic heterocycles. The summed E-state index contributed by atoms with van der Waals surface area (Å²) in [5.41, 5.74) is 4.50. The quantitative estimate of drug-likeness (QED) is 0.647. The Morgan fingerprint density at radius 3 is 2.74 bits per heavy atom. The molecule has 0 saturated carbocycles. The van der Waals surface area contributed by atoms with Crippen molar-refractivity contribution in [3.8, 4) is 0 Å². The zero-order chi connectivity index (χ0) is 13.2. The van der Waals surface area contributed by atoms with Gasteiger partial charge < -0.3 is 4.57 Å². The van der Waals surface area contributed by atoms with E-state index < -0.39 is 0 Å². The second-order valence-electron chi connectivity index (χ2n) is 4.81. The molecule has 0 N–H and O–H groups in total. The summed E-state index contributed by atoms with van der Waals surface area (Å²) in [6.07, 6.45) is 2.96. The van der Waals surface area contributed by atoms with Crippen LogP contribution in [0.4, 0.5) is 0 Å². The molecule has 0 aliphatic rings. The Morgan fingerprint density at radius 1 is 1.11 bits per heavy atom. The van der Waals surface area contributed by atoms with Crippen molar-refractivity contribution in [2.75, 3.05) is 0 Å². The highest BCUT2D eigenvalue weighted by molar-refractivity contribution is 5.87. The first-order valence-electron chi connectivity index (χ1n) is 6.36. The molecule has 0 aliphatic carbocycles. The van der Waals surface area contributed by atoms with Crippen LogP contribution < -0.4 is 0 Å². The molecule has 0 radical (unpaired) electrons. The average Bonchev–Trinajstić information content (AvgIpc) is 2.83. The van der Waals surface area contributed by atoms with Crippen LogP contribution in [0.2, 0.25) is 0 Å². The molecule has 0 unspecified atom stereocenters. The van der Waals surface area contributed by atoms with E-state index in [2.05, 4.69) is 48.0 Å². The molecule has 2 nitrogen and oxygen atoms in total. The zero-order valence-corrected chi connectivity index (χ0v) is 10.8. The van der Waals surface area contributed by atoms with Crippen LogP contribution >= 0.6 is 0 Å². The third-order valence-electron chi connectivity index (χ3n) is 3.53. The van der Waals surface area contributed by atoms with Crippen molar-refractivity contribution < 1.29 is 4.79 Å². The highest BCUT2D eigenvalue weighted by Gasteiger charge is 2.04. The first-order chi connectivity index (χ1) is 9.28. The lowest BCUT2D eigenvalue weighted by atomic mass is 10.1. The van der Waals surface area contributed by atoms with E-state index in [1.54, 1.807) is 0 Å². The smallest absolute Gasteiger partial charge is 0.150 e. The predicted octanol–water partition coefficient (Wildman–Crippen LogP) is 3.81.